The Hall–Kier alpha value is 0.430. The first-order chi connectivity index (χ1) is 3.35. The van der Waals surface area contributed by atoms with Gasteiger partial charge in [0.2, 0.25) is 0 Å². The van der Waals surface area contributed by atoms with Crippen LogP contribution in [-0.4, -0.2) is 17.6 Å². The molecule has 2 heteroatoms. The molecule has 0 rings (SSSR count). The van der Waals surface area contributed by atoms with Gasteiger partial charge >= 0.3 is 0 Å². The molecule has 7 heavy (non-hydrogen) atoms. The average Bonchev–Trinajstić information content (AvgIpc) is 1.72. The predicted molar refractivity (Wildman–Crippen MR) is 39.9 cm³/mol. The minimum absolute atomic E-state index is 0.237. The van der Waals surface area contributed by atoms with Crippen LogP contribution in [0.4, 0.5) is 0 Å². The molecule has 0 amide bonds. The normalized spacial score (nSPS) is 13.4. The fourth-order valence-electron chi connectivity index (χ4n) is 0.222. The summed E-state index contributed by atoms with van der Waals surface area (Å²) in [7, 11) is 1.69. The molecular formula is C5H9IO. The number of hydrogen-bond acceptors (Lipinski definition) is 1. The van der Waals surface area contributed by atoms with Crippen LogP contribution >= 0.6 is 22.6 Å². The molecule has 0 aromatic rings. The third-order valence-corrected chi connectivity index (χ3v) is 1.59. The Labute approximate surface area is 57.9 Å². The number of ether oxygens (including phenoxy) is 1. The molecule has 0 aliphatic carbocycles. The first kappa shape index (κ1) is 7.43. The van der Waals surface area contributed by atoms with Crippen LogP contribution in [0.3, 0.4) is 0 Å². The highest BCUT2D eigenvalue weighted by Gasteiger charge is 1.93. The molecule has 0 aromatic heterocycles. The maximum Gasteiger partial charge on any atom is 0.0838 e. The number of halogens is 1. The van der Waals surface area contributed by atoms with Gasteiger partial charge in [0.1, 0.15) is 0 Å². The molecule has 1 atom stereocenters. The van der Waals surface area contributed by atoms with Crippen LogP contribution < -0.4 is 0 Å². The van der Waals surface area contributed by atoms with Gasteiger partial charge in [-0.15, -0.1) is 6.58 Å². The van der Waals surface area contributed by atoms with Crippen molar-refractivity contribution in [2.45, 2.75) is 6.10 Å². The topological polar surface area (TPSA) is 9.23 Å². The molecule has 1 unspecified atom stereocenters. The number of hydrogen-bond donors (Lipinski definition) is 0. The van der Waals surface area contributed by atoms with Crippen LogP contribution in [0, 0.1) is 0 Å². The number of alkyl halides is 1. The molecule has 0 saturated heterocycles. The number of methoxy groups -OCH3 is 1. The van der Waals surface area contributed by atoms with E-state index in [1.807, 2.05) is 0 Å². The Morgan fingerprint density at radius 2 is 2.57 bits per heavy atom. The van der Waals surface area contributed by atoms with E-state index in [0.717, 1.165) is 4.43 Å². The average molecular weight is 212 g/mol. The maximum atomic E-state index is 4.92. The second-order valence-electron chi connectivity index (χ2n) is 1.16. The van der Waals surface area contributed by atoms with E-state index < -0.39 is 0 Å². The Morgan fingerprint density at radius 1 is 2.00 bits per heavy atom. The van der Waals surface area contributed by atoms with Crippen molar-refractivity contribution in [2.24, 2.45) is 0 Å². The quantitative estimate of drug-likeness (QED) is 0.392. The molecule has 0 aromatic carbocycles. The van der Waals surface area contributed by atoms with Crippen molar-refractivity contribution >= 4 is 22.6 Å². The summed E-state index contributed by atoms with van der Waals surface area (Å²) in [5.74, 6) is 0. The van der Waals surface area contributed by atoms with Gasteiger partial charge in [0.25, 0.3) is 0 Å². The van der Waals surface area contributed by atoms with Crippen LogP contribution in [0.5, 0.6) is 0 Å². The van der Waals surface area contributed by atoms with Gasteiger partial charge < -0.3 is 4.74 Å². The lowest BCUT2D eigenvalue weighted by Gasteiger charge is -2.02. The van der Waals surface area contributed by atoms with Crippen LogP contribution in [-0.2, 0) is 4.74 Å². The minimum Gasteiger partial charge on any atom is -0.377 e. The van der Waals surface area contributed by atoms with E-state index in [0.29, 0.717) is 0 Å². The fourth-order valence-corrected chi connectivity index (χ4v) is 0.941. The van der Waals surface area contributed by atoms with Gasteiger partial charge in [0.15, 0.2) is 0 Å². The molecule has 0 aliphatic rings. The van der Waals surface area contributed by atoms with Gasteiger partial charge in [-0.05, 0) is 0 Å². The Morgan fingerprint density at radius 3 is 2.57 bits per heavy atom. The lowest BCUT2D eigenvalue weighted by atomic mass is 10.4. The Balaban J connectivity index is 3.16. The van der Waals surface area contributed by atoms with Gasteiger partial charge in [-0.1, -0.05) is 28.7 Å². The highest BCUT2D eigenvalue weighted by atomic mass is 127. The van der Waals surface area contributed by atoms with E-state index in [1.165, 1.54) is 0 Å². The van der Waals surface area contributed by atoms with Crippen molar-refractivity contribution < 1.29 is 4.74 Å². The van der Waals surface area contributed by atoms with Crippen molar-refractivity contribution in [2.75, 3.05) is 11.5 Å². The van der Waals surface area contributed by atoms with Crippen LogP contribution in [0.2, 0.25) is 0 Å². The van der Waals surface area contributed by atoms with E-state index in [2.05, 4.69) is 29.2 Å². The van der Waals surface area contributed by atoms with Crippen molar-refractivity contribution in [1.29, 1.82) is 0 Å². The zero-order valence-electron chi connectivity index (χ0n) is 4.36. The van der Waals surface area contributed by atoms with Crippen LogP contribution in [0.1, 0.15) is 0 Å². The SMILES string of the molecule is C=CC(CI)OC. The van der Waals surface area contributed by atoms with E-state index >= 15 is 0 Å². The van der Waals surface area contributed by atoms with Gasteiger partial charge in [0, 0.05) is 11.5 Å². The molecular weight excluding hydrogens is 203 g/mol. The van der Waals surface area contributed by atoms with Gasteiger partial charge in [-0.3, -0.25) is 0 Å². The zero-order valence-corrected chi connectivity index (χ0v) is 6.51. The van der Waals surface area contributed by atoms with Crippen LogP contribution in [0.25, 0.3) is 0 Å². The predicted octanol–water partition coefficient (Wildman–Crippen LogP) is 1.62. The van der Waals surface area contributed by atoms with Gasteiger partial charge in [-0.2, -0.15) is 0 Å². The summed E-state index contributed by atoms with van der Waals surface area (Å²) in [6.07, 6.45) is 2.03. The van der Waals surface area contributed by atoms with E-state index in [4.69, 9.17) is 4.74 Å². The van der Waals surface area contributed by atoms with E-state index in [1.54, 1.807) is 13.2 Å². The third kappa shape index (κ3) is 3.05. The molecule has 0 spiro atoms. The highest BCUT2D eigenvalue weighted by molar-refractivity contribution is 14.1. The van der Waals surface area contributed by atoms with Crippen molar-refractivity contribution in [3.8, 4) is 0 Å². The third-order valence-electron chi connectivity index (χ3n) is 0.718. The maximum absolute atomic E-state index is 4.92. The van der Waals surface area contributed by atoms with Crippen molar-refractivity contribution in [1.82, 2.24) is 0 Å². The first-order valence-electron chi connectivity index (χ1n) is 2.06. The van der Waals surface area contributed by atoms with Gasteiger partial charge in [-0.25, -0.2) is 0 Å². The van der Waals surface area contributed by atoms with Crippen molar-refractivity contribution in [3.63, 3.8) is 0 Å². The van der Waals surface area contributed by atoms with E-state index in [9.17, 15) is 0 Å². The smallest absolute Gasteiger partial charge is 0.0838 e. The molecule has 0 N–H and O–H groups in total. The Bertz CT molecular complexity index is 50.0. The molecule has 42 valence electrons. The molecule has 0 radical (unpaired) electrons. The molecule has 0 heterocycles. The second-order valence-corrected chi connectivity index (χ2v) is 2.04. The molecule has 1 nitrogen and oxygen atoms in total. The largest absolute Gasteiger partial charge is 0.377 e. The number of rotatable bonds is 3. The van der Waals surface area contributed by atoms with E-state index in [-0.39, 0.29) is 6.10 Å². The van der Waals surface area contributed by atoms with Crippen molar-refractivity contribution in [3.05, 3.63) is 12.7 Å². The molecule has 0 fully saturated rings. The van der Waals surface area contributed by atoms with Crippen LogP contribution in [0.15, 0.2) is 12.7 Å². The highest BCUT2D eigenvalue weighted by Crippen LogP contribution is 1.94. The lowest BCUT2D eigenvalue weighted by Crippen LogP contribution is -2.06. The Kier molecular flexibility index (Phi) is 4.87. The van der Waals surface area contributed by atoms with Gasteiger partial charge in [0.05, 0.1) is 6.10 Å². The summed E-state index contributed by atoms with van der Waals surface area (Å²) in [6, 6.07) is 0. The summed E-state index contributed by atoms with van der Waals surface area (Å²) < 4.78 is 5.91. The lowest BCUT2D eigenvalue weighted by molar-refractivity contribution is 0.162. The summed E-state index contributed by atoms with van der Waals surface area (Å²) in [5, 5.41) is 0. The fraction of sp³-hybridized carbons (Fsp3) is 0.600. The second kappa shape index (κ2) is 4.59. The summed E-state index contributed by atoms with van der Waals surface area (Å²) in [6.45, 7) is 3.57. The summed E-state index contributed by atoms with van der Waals surface area (Å²) in [4.78, 5) is 0. The minimum atomic E-state index is 0.237. The standard InChI is InChI=1S/C5H9IO/c1-3-5(4-6)7-2/h3,5H,1,4H2,2H3. The molecule has 0 aliphatic heterocycles. The zero-order chi connectivity index (χ0) is 5.70. The molecule has 0 saturated carbocycles. The monoisotopic (exact) mass is 212 g/mol. The molecule has 0 bridgehead atoms. The summed E-state index contributed by atoms with van der Waals surface area (Å²) in [5.41, 5.74) is 0. The summed E-state index contributed by atoms with van der Waals surface area (Å²) >= 11 is 2.25. The first-order valence-corrected chi connectivity index (χ1v) is 3.59.